The molecule has 0 fully saturated rings. The minimum atomic E-state index is -0.756. The average Bonchev–Trinajstić information content (AvgIpc) is 2.27. The molecule has 0 aliphatic carbocycles. The van der Waals surface area contributed by atoms with E-state index >= 15 is 0 Å². The summed E-state index contributed by atoms with van der Waals surface area (Å²) in [5, 5.41) is 9.83. The van der Waals surface area contributed by atoms with Crippen LogP contribution in [0.15, 0.2) is 24.3 Å². The number of nitrogens with zero attached hydrogens (tertiary/aromatic N) is 1. The molecule has 0 radical (unpaired) electrons. The van der Waals surface area contributed by atoms with Crippen molar-refractivity contribution in [2.24, 2.45) is 0 Å². The third-order valence-corrected chi connectivity index (χ3v) is 2.65. The Balaban J connectivity index is 2.64. The lowest BCUT2D eigenvalue weighted by Gasteiger charge is -2.22. The fourth-order valence-corrected chi connectivity index (χ4v) is 1.19. The molecule has 1 aromatic carbocycles. The van der Waals surface area contributed by atoms with Crippen LogP contribution < -0.4 is 9.64 Å². The quantitative estimate of drug-likeness (QED) is 0.831. The Labute approximate surface area is 97.7 Å². The van der Waals surface area contributed by atoms with E-state index in [1.807, 2.05) is 50.2 Å². The number of hydrogen-bond acceptors (Lipinski definition) is 3. The predicted octanol–water partition coefficient (Wildman–Crippen LogP) is 2.29. The first kappa shape index (κ1) is 12.8. The van der Waals surface area contributed by atoms with E-state index < -0.39 is 5.60 Å². The Morgan fingerprint density at radius 2 is 2.06 bits per heavy atom. The second kappa shape index (κ2) is 5.21. The molecule has 1 unspecified atom stereocenters. The molecule has 1 rings (SSSR count). The van der Waals surface area contributed by atoms with Gasteiger partial charge >= 0.3 is 0 Å². The zero-order valence-corrected chi connectivity index (χ0v) is 10.5. The fraction of sp³-hybridized carbons (Fsp3) is 0.538. The summed E-state index contributed by atoms with van der Waals surface area (Å²) in [5.41, 5.74) is 0.336. The summed E-state index contributed by atoms with van der Waals surface area (Å²) in [6, 6.07) is 7.83. The van der Waals surface area contributed by atoms with E-state index in [9.17, 15) is 5.11 Å². The third kappa shape index (κ3) is 3.74. The molecule has 3 heteroatoms. The van der Waals surface area contributed by atoms with Crippen LogP contribution in [0, 0.1) is 0 Å². The van der Waals surface area contributed by atoms with E-state index in [0.717, 1.165) is 11.4 Å². The Bertz CT molecular complexity index is 334. The van der Waals surface area contributed by atoms with Crippen molar-refractivity contribution in [3.8, 4) is 5.75 Å². The summed E-state index contributed by atoms with van der Waals surface area (Å²) in [7, 11) is 3.97. The maximum absolute atomic E-state index is 9.83. The highest BCUT2D eigenvalue weighted by Crippen LogP contribution is 2.20. The van der Waals surface area contributed by atoms with Crippen molar-refractivity contribution < 1.29 is 9.84 Å². The highest BCUT2D eigenvalue weighted by Gasteiger charge is 2.18. The molecule has 0 spiro atoms. The Morgan fingerprint density at radius 1 is 1.38 bits per heavy atom. The van der Waals surface area contributed by atoms with Crippen molar-refractivity contribution >= 4 is 5.69 Å². The van der Waals surface area contributed by atoms with Gasteiger partial charge in [-0.2, -0.15) is 0 Å². The van der Waals surface area contributed by atoms with Gasteiger partial charge in [0.1, 0.15) is 12.4 Å². The van der Waals surface area contributed by atoms with Crippen LogP contribution in [0.25, 0.3) is 0 Å². The van der Waals surface area contributed by atoms with Crippen molar-refractivity contribution in [2.45, 2.75) is 25.9 Å². The van der Waals surface area contributed by atoms with Crippen LogP contribution in [0.2, 0.25) is 0 Å². The number of benzene rings is 1. The summed E-state index contributed by atoms with van der Waals surface area (Å²) in [5.74, 6) is 0.792. The fourth-order valence-electron chi connectivity index (χ4n) is 1.19. The van der Waals surface area contributed by atoms with Crippen LogP contribution in [0.1, 0.15) is 20.3 Å². The number of aliphatic hydroxyl groups is 1. The van der Waals surface area contributed by atoms with Crippen molar-refractivity contribution in [1.29, 1.82) is 0 Å². The molecule has 0 heterocycles. The van der Waals surface area contributed by atoms with Gasteiger partial charge in [-0.3, -0.25) is 0 Å². The molecule has 3 nitrogen and oxygen atoms in total. The van der Waals surface area contributed by atoms with Gasteiger partial charge in [-0.25, -0.2) is 0 Å². The topological polar surface area (TPSA) is 32.7 Å². The number of hydrogen-bond donors (Lipinski definition) is 1. The highest BCUT2D eigenvalue weighted by molar-refractivity contribution is 5.49. The Morgan fingerprint density at radius 3 is 2.62 bits per heavy atom. The van der Waals surface area contributed by atoms with Crippen LogP contribution >= 0.6 is 0 Å². The number of ether oxygens (including phenoxy) is 1. The van der Waals surface area contributed by atoms with Crippen molar-refractivity contribution in [3.63, 3.8) is 0 Å². The van der Waals surface area contributed by atoms with Gasteiger partial charge in [0.05, 0.1) is 5.60 Å². The van der Waals surface area contributed by atoms with Crippen molar-refractivity contribution in [2.75, 3.05) is 25.6 Å². The monoisotopic (exact) mass is 223 g/mol. The molecular weight excluding hydrogens is 202 g/mol. The lowest BCUT2D eigenvalue weighted by Crippen LogP contribution is -2.31. The second-order valence-electron chi connectivity index (χ2n) is 4.53. The Kier molecular flexibility index (Phi) is 4.19. The Hall–Kier alpha value is -1.22. The summed E-state index contributed by atoms with van der Waals surface area (Å²) in [6.45, 7) is 4.04. The van der Waals surface area contributed by atoms with Crippen LogP contribution in [0.3, 0.4) is 0 Å². The van der Waals surface area contributed by atoms with Gasteiger partial charge in [0.2, 0.25) is 0 Å². The average molecular weight is 223 g/mol. The van der Waals surface area contributed by atoms with E-state index in [0.29, 0.717) is 13.0 Å². The first-order chi connectivity index (χ1) is 7.44. The van der Waals surface area contributed by atoms with Gasteiger partial charge < -0.3 is 14.7 Å². The van der Waals surface area contributed by atoms with Gasteiger partial charge in [-0.1, -0.05) is 13.0 Å². The lowest BCUT2D eigenvalue weighted by atomic mass is 10.1. The van der Waals surface area contributed by atoms with Gasteiger partial charge in [0, 0.05) is 25.8 Å². The summed E-state index contributed by atoms with van der Waals surface area (Å²) in [6.07, 6.45) is 0.681. The molecule has 0 aliphatic rings. The summed E-state index contributed by atoms with van der Waals surface area (Å²) >= 11 is 0. The number of rotatable bonds is 5. The zero-order chi connectivity index (χ0) is 12.2. The van der Waals surface area contributed by atoms with Crippen molar-refractivity contribution in [3.05, 3.63) is 24.3 Å². The van der Waals surface area contributed by atoms with E-state index in [1.165, 1.54) is 0 Å². The molecule has 0 aliphatic heterocycles. The van der Waals surface area contributed by atoms with Crippen LogP contribution in [-0.2, 0) is 0 Å². The summed E-state index contributed by atoms with van der Waals surface area (Å²) in [4.78, 5) is 2.02. The largest absolute Gasteiger partial charge is 0.491 e. The van der Waals surface area contributed by atoms with Crippen molar-refractivity contribution in [1.82, 2.24) is 0 Å². The minimum absolute atomic E-state index is 0.320. The third-order valence-electron chi connectivity index (χ3n) is 2.65. The van der Waals surface area contributed by atoms with Gasteiger partial charge in [-0.15, -0.1) is 0 Å². The minimum Gasteiger partial charge on any atom is -0.491 e. The van der Waals surface area contributed by atoms with Crippen LogP contribution in [-0.4, -0.2) is 31.4 Å². The number of anilines is 1. The standard InChI is InChI=1S/C13H21NO2/c1-5-13(2,15)10-16-12-8-6-7-11(9-12)14(3)4/h6-9,15H,5,10H2,1-4H3. The molecule has 90 valence electrons. The molecule has 0 aromatic heterocycles. The lowest BCUT2D eigenvalue weighted by molar-refractivity contribution is 0.00848. The van der Waals surface area contributed by atoms with E-state index in [4.69, 9.17) is 4.74 Å². The molecule has 1 N–H and O–H groups in total. The molecule has 0 bridgehead atoms. The van der Waals surface area contributed by atoms with Crippen LogP contribution in [0.5, 0.6) is 5.75 Å². The maximum atomic E-state index is 9.83. The molecule has 16 heavy (non-hydrogen) atoms. The van der Waals surface area contributed by atoms with Gasteiger partial charge in [-0.05, 0) is 25.5 Å². The summed E-state index contributed by atoms with van der Waals surface area (Å²) < 4.78 is 5.58. The zero-order valence-electron chi connectivity index (χ0n) is 10.5. The highest BCUT2D eigenvalue weighted by atomic mass is 16.5. The molecular formula is C13H21NO2. The molecule has 1 atom stereocenters. The molecule has 0 saturated carbocycles. The second-order valence-corrected chi connectivity index (χ2v) is 4.53. The SMILES string of the molecule is CCC(C)(O)COc1cccc(N(C)C)c1. The maximum Gasteiger partial charge on any atom is 0.121 e. The smallest absolute Gasteiger partial charge is 0.121 e. The first-order valence-corrected chi connectivity index (χ1v) is 5.57. The van der Waals surface area contributed by atoms with E-state index in [2.05, 4.69) is 0 Å². The van der Waals surface area contributed by atoms with E-state index in [-0.39, 0.29) is 0 Å². The van der Waals surface area contributed by atoms with Crippen LogP contribution in [0.4, 0.5) is 5.69 Å². The van der Waals surface area contributed by atoms with E-state index in [1.54, 1.807) is 6.92 Å². The van der Waals surface area contributed by atoms with Gasteiger partial charge in [0.25, 0.3) is 0 Å². The normalized spacial score (nSPS) is 14.3. The predicted molar refractivity (Wildman–Crippen MR) is 67.2 cm³/mol. The first-order valence-electron chi connectivity index (χ1n) is 5.57. The molecule has 1 aromatic rings. The van der Waals surface area contributed by atoms with Gasteiger partial charge in [0.15, 0.2) is 0 Å². The molecule has 0 amide bonds. The molecule has 0 saturated heterocycles.